The van der Waals surface area contributed by atoms with Crippen molar-refractivity contribution in [3.63, 3.8) is 0 Å². The summed E-state index contributed by atoms with van der Waals surface area (Å²) in [5, 5.41) is 0. The third-order valence-corrected chi connectivity index (χ3v) is 4.61. The number of hydrogen-bond donors (Lipinski definition) is 0. The molecule has 5 nitrogen and oxygen atoms in total. The molecule has 116 valence electrons. The van der Waals surface area contributed by atoms with Crippen molar-refractivity contribution in [2.45, 2.75) is 46.3 Å². The predicted octanol–water partition coefficient (Wildman–Crippen LogP) is 2.03. The SMILES string of the molecule is CC(=O)O[C@@H]1C2=C(C)C(=O)O[C@@H]2CC(C)=C2C(=O)C=C(C)[C@H]21. The molecule has 3 aliphatic rings. The lowest BCUT2D eigenvalue weighted by Crippen LogP contribution is -2.32. The van der Waals surface area contributed by atoms with Crippen molar-refractivity contribution in [2.24, 2.45) is 5.92 Å². The number of rotatable bonds is 1. The highest BCUT2D eigenvalue weighted by Crippen LogP contribution is 2.45. The number of esters is 2. The van der Waals surface area contributed by atoms with Gasteiger partial charge in [0.15, 0.2) is 5.78 Å². The second kappa shape index (κ2) is 4.93. The molecular weight excluding hydrogens is 284 g/mol. The Morgan fingerprint density at radius 2 is 1.95 bits per heavy atom. The van der Waals surface area contributed by atoms with E-state index in [0.29, 0.717) is 23.1 Å². The maximum Gasteiger partial charge on any atom is 0.334 e. The normalized spacial score (nSPS) is 30.7. The van der Waals surface area contributed by atoms with Crippen LogP contribution in [0.5, 0.6) is 0 Å². The van der Waals surface area contributed by atoms with E-state index in [0.717, 1.165) is 11.1 Å². The molecule has 3 atom stereocenters. The molecule has 0 aromatic heterocycles. The Labute approximate surface area is 128 Å². The molecule has 5 heteroatoms. The van der Waals surface area contributed by atoms with Crippen molar-refractivity contribution in [3.05, 3.63) is 33.9 Å². The highest BCUT2D eigenvalue weighted by molar-refractivity contribution is 6.09. The average molecular weight is 302 g/mol. The van der Waals surface area contributed by atoms with Gasteiger partial charge in [0.05, 0.1) is 5.92 Å². The average Bonchev–Trinajstić information content (AvgIpc) is 2.80. The zero-order valence-electron chi connectivity index (χ0n) is 13.1. The summed E-state index contributed by atoms with van der Waals surface area (Å²) in [4.78, 5) is 35.8. The molecule has 1 heterocycles. The molecule has 0 radical (unpaired) electrons. The van der Waals surface area contributed by atoms with Gasteiger partial charge in [0.1, 0.15) is 12.2 Å². The van der Waals surface area contributed by atoms with E-state index >= 15 is 0 Å². The van der Waals surface area contributed by atoms with Gasteiger partial charge in [-0.1, -0.05) is 11.1 Å². The summed E-state index contributed by atoms with van der Waals surface area (Å²) in [5.74, 6) is -1.17. The van der Waals surface area contributed by atoms with Crippen LogP contribution < -0.4 is 0 Å². The third kappa shape index (κ3) is 2.03. The van der Waals surface area contributed by atoms with Crippen LogP contribution in [0.2, 0.25) is 0 Å². The van der Waals surface area contributed by atoms with E-state index in [4.69, 9.17) is 9.47 Å². The summed E-state index contributed by atoms with van der Waals surface area (Å²) in [6, 6.07) is 0. The fourth-order valence-corrected chi connectivity index (χ4v) is 3.69. The van der Waals surface area contributed by atoms with Gasteiger partial charge in [0.2, 0.25) is 0 Å². The Balaban J connectivity index is 2.19. The van der Waals surface area contributed by atoms with Gasteiger partial charge in [-0.3, -0.25) is 9.59 Å². The smallest absolute Gasteiger partial charge is 0.334 e. The van der Waals surface area contributed by atoms with Crippen molar-refractivity contribution in [1.29, 1.82) is 0 Å². The first-order valence-electron chi connectivity index (χ1n) is 7.32. The number of carbonyl (C=O) groups excluding carboxylic acids is 3. The van der Waals surface area contributed by atoms with Crippen LogP contribution in [-0.2, 0) is 23.9 Å². The number of carbonyl (C=O) groups is 3. The van der Waals surface area contributed by atoms with E-state index in [2.05, 4.69) is 0 Å². The summed E-state index contributed by atoms with van der Waals surface area (Å²) >= 11 is 0. The van der Waals surface area contributed by atoms with E-state index < -0.39 is 18.2 Å². The number of fused-ring (bicyclic) bond motifs is 2. The second-order valence-electron chi connectivity index (χ2n) is 6.13. The molecule has 0 saturated carbocycles. The van der Waals surface area contributed by atoms with Crippen molar-refractivity contribution in [2.75, 3.05) is 0 Å². The van der Waals surface area contributed by atoms with Crippen molar-refractivity contribution < 1.29 is 23.9 Å². The summed E-state index contributed by atoms with van der Waals surface area (Å²) in [6.45, 7) is 6.75. The maximum absolute atomic E-state index is 12.3. The molecule has 3 rings (SSSR count). The van der Waals surface area contributed by atoms with Gasteiger partial charge in [-0.15, -0.1) is 0 Å². The number of hydrogen-bond acceptors (Lipinski definition) is 5. The summed E-state index contributed by atoms with van der Waals surface area (Å²) in [6.07, 6.45) is 0.961. The Hall–Kier alpha value is -2.17. The molecule has 0 saturated heterocycles. The molecule has 2 aliphatic carbocycles. The van der Waals surface area contributed by atoms with E-state index in [9.17, 15) is 14.4 Å². The summed E-state index contributed by atoms with van der Waals surface area (Å²) < 4.78 is 10.9. The van der Waals surface area contributed by atoms with Crippen molar-refractivity contribution in [3.8, 4) is 0 Å². The van der Waals surface area contributed by atoms with Crippen LogP contribution in [0.25, 0.3) is 0 Å². The van der Waals surface area contributed by atoms with Crippen LogP contribution in [-0.4, -0.2) is 29.9 Å². The quantitative estimate of drug-likeness (QED) is 0.693. The fraction of sp³-hybridized carbons (Fsp3) is 0.471. The van der Waals surface area contributed by atoms with Crippen LogP contribution in [0.1, 0.15) is 34.1 Å². The van der Waals surface area contributed by atoms with Gasteiger partial charge in [0, 0.05) is 30.1 Å². The number of ketones is 1. The minimum absolute atomic E-state index is 0.0401. The first-order valence-corrected chi connectivity index (χ1v) is 7.32. The summed E-state index contributed by atoms with van der Waals surface area (Å²) in [5.41, 5.74) is 3.60. The van der Waals surface area contributed by atoms with Gasteiger partial charge in [0.25, 0.3) is 0 Å². The molecule has 0 N–H and O–H groups in total. The monoisotopic (exact) mass is 302 g/mol. The van der Waals surface area contributed by atoms with Gasteiger partial charge in [-0.25, -0.2) is 4.79 Å². The summed E-state index contributed by atoms with van der Waals surface area (Å²) in [7, 11) is 0. The largest absolute Gasteiger partial charge is 0.457 e. The zero-order valence-corrected chi connectivity index (χ0v) is 13.1. The standard InChI is InChI=1S/C17H18O5/c1-7-5-11(19)13-8(2)6-12-15(9(3)17(20)22-12)16(14(7)13)21-10(4)18/h5,12,14,16H,6H2,1-4H3/t12-,14-,16+/m1/s1. The first-order chi connectivity index (χ1) is 10.3. The molecule has 0 fully saturated rings. The van der Waals surface area contributed by atoms with E-state index in [1.165, 1.54) is 6.92 Å². The van der Waals surface area contributed by atoms with E-state index in [1.54, 1.807) is 13.0 Å². The molecule has 0 unspecified atom stereocenters. The van der Waals surface area contributed by atoms with Crippen molar-refractivity contribution >= 4 is 17.7 Å². The van der Waals surface area contributed by atoms with Gasteiger partial charge in [-0.2, -0.15) is 0 Å². The highest BCUT2D eigenvalue weighted by Gasteiger charge is 2.48. The molecule has 22 heavy (non-hydrogen) atoms. The van der Waals surface area contributed by atoms with Gasteiger partial charge in [-0.05, 0) is 26.8 Å². The Bertz CT molecular complexity index is 692. The molecule has 0 bridgehead atoms. The Morgan fingerprint density at radius 1 is 1.27 bits per heavy atom. The van der Waals surface area contributed by atoms with Gasteiger partial charge < -0.3 is 9.47 Å². The predicted molar refractivity (Wildman–Crippen MR) is 77.7 cm³/mol. The Kier molecular flexibility index (Phi) is 3.31. The lowest BCUT2D eigenvalue weighted by molar-refractivity contribution is -0.146. The lowest BCUT2D eigenvalue weighted by atomic mass is 9.85. The fourth-order valence-electron chi connectivity index (χ4n) is 3.69. The van der Waals surface area contributed by atoms with E-state index in [-0.39, 0.29) is 17.7 Å². The zero-order chi connectivity index (χ0) is 16.2. The first kappa shape index (κ1) is 14.8. The third-order valence-electron chi connectivity index (χ3n) is 4.61. The van der Waals surface area contributed by atoms with Gasteiger partial charge >= 0.3 is 11.9 Å². The van der Waals surface area contributed by atoms with Crippen LogP contribution in [0.3, 0.4) is 0 Å². The molecular formula is C17H18O5. The Morgan fingerprint density at radius 3 is 2.59 bits per heavy atom. The topological polar surface area (TPSA) is 69.7 Å². The van der Waals surface area contributed by atoms with Crippen LogP contribution in [0.4, 0.5) is 0 Å². The van der Waals surface area contributed by atoms with Crippen LogP contribution in [0.15, 0.2) is 33.9 Å². The van der Waals surface area contributed by atoms with Crippen LogP contribution in [0, 0.1) is 5.92 Å². The highest BCUT2D eigenvalue weighted by atomic mass is 16.6. The minimum atomic E-state index is -0.649. The minimum Gasteiger partial charge on any atom is -0.457 e. The molecule has 1 aliphatic heterocycles. The van der Waals surface area contributed by atoms with Crippen molar-refractivity contribution in [1.82, 2.24) is 0 Å². The molecule has 0 spiro atoms. The van der Waals surface area contributed by atoms with Crippen LogP contribution >= 0.6 is 0 Å². The molecule has 0 amide bonds. The molecule has 0 aromatic carbocycles. The molecule has 0 aromatic rings. The maximum atomic E-state index is 12.3. The number of ether oxygens (including phenoxy) is 2. The van der Waals surface area contributed by atoms with E-state index in [1.807, 2.05) is 13.8 Å². The lowest BCUT2D eigenvalue weighted by Gasteiger charge is -2.26. The number of allylic oxidation sites excluding steroid dienone is 1. The second-order valence-corrected chi connectivity index (χ2v) is 6.13.